The number of nitrogens with one attached hydrogen (secondary N) is 1. The number of halogens is 1. The van der Waals surface area contributed by atoms with Crippen LogP contribution in [0, 0.1) is 0 Å². The highest BCUT2D eigenvalue weighted by Crippen LogP contribution is 2.23. The fraction of sp³-hybridized carbons (Fsp3) is 0.154. The van der Waals surface area contributed by atoms with Gasteiger partial charge in [-0.25, -0.2) is 0 Å². The van der Waals surface area contributed by atoms with Gasteiger partial charge in [-0.2, -0.15) is 0 Å². The normalized spacial score (nSPS) is 10.2. The molecule has 0 fully saturated rings. The number of aryl methyl sites for hydroxylation is 1. The van der Waals surface area contributed by atoms with Gasteiger partial charge in [-0.3, -0.25) is 4.79 Å². The SMILES string of the molecule is CCc1ccc(NC(=O)c2sccc2Br)cc1. The molecule has 0 saturated carbocycles. The molecule has 2 rings (SSSR count). The van der Waals surface area contributed by atoms with E-state index in [1.165, 1.54) is 16.9 Å². The molecular formula is C13H12BrNOS. The van der Waals surface area contributed by atoms with Crippen molar-refractivity contribution in [2.75, 3.05) is 5.32 Å². The van der Waals surface area contributed by atoms with E-state index in [0.29, 0.717) is 4.88 Å². The van der Waals surface area contributed by atoms with E-state index in [1.807, 2.05) is 35.7 Å². The molecule has 0 aliphatic rings. The topological polar surface area (TPSA) is 29.1 Å². The van der Waals surface area contributed by atoms with Crippen LogP contribution in [0.4, 0.5) is 5.69 Å². The lowest BCUT2D eigenvalue weighted by Gasteiger charge is -2.05. The van der Waals surface area contributed by atoms with Crippen LogP contribution in [-0.2, 0) is 6.42 Å². The molecule has 0 unspecified atom stereocenters. The van der Waals surface area contributed by atoms with Crippen molar-refractivity contribution >= 4 is 38.9 Å². The minimum atomic E-state index is -0.0730. The molecule has 88 valence electrons. The fourth-order valence-corrected chi connectivity index (χ4v) is 2.91. The minimum Gasteiger partial charge on any atom is -0.321 e. The van der Waals surface area contributed by atoms with E-state index in [0.717, 1.165) is 16.6 Å². The van der Waals surface area contributed by atoms with Crippen molar-refractivity contribution in [2.45, 2.75) is 13.3 Å². The van der Waals surface area contributed by atoms with Crippen LogP contribution < -0.4 is 5.32 Å². The van der Waals surface area contributed by atoms with Gasteiger partial charge in [0.2, 0.25) is 0 Å². The standard InChI is InChI=1S/C13H12BrNOS/c1-2-9-3-5-10(6-4-9)15-13(16)12-11(14)7-8-17-12/h3-8H,2H2,1H3,(H,15,16). The Bertz CT molecular complexity index is 518. The Kier molecular flexibility index (Phi) is 3.97. The molecule has 2 nitrogen and oxygen atoms in total. The highest BCUT2D eigenvalue weighted by molar-refractivity contribution is 9.10. The first-order valence-corrected chi connectivity index (χ1v) is 7.01. The second kappa shape index (κ2) is 5.47. The van der Waals surface area contributed by atoms with E-state index in [2.05, 4.69) is 28.2 Å². The summed E-state index contributed by atoms with van der Waals surface area (Å²) in [7, 11) is 0. The van der Waals surface area contributed by atoms with Gasteiger partial charge in [-0.05, 0) is 51.5 Å². The summed E-state index contributed by atoms with van der Waals surface area (Å²) in [5.41, 5.74) is 2.09. The van der Waals surface area contributed by atoms with E-state index in [9.17, 15) is 4.79 Å². The van der Waals surface area contributed by atoms with Crippen LogP contribution in [0.1, 0.15) is 22.2 Å². The second-order valence-electron chi connectivity index (χ2n) is 3.60. The zero-order valence-corrected chi connectivity index (χ0v) is 11.8. The maximum absolute atomic E-state index is 11.9. The van der Waals surface area contributed by atoms with Crippen LogP contribution in [0.25, 0.3) is 0 Å². The summed E-state index contributed by atoms with van der Waals surface area (Å²) in [6, 6.07) is 9.79. The van der Waals surface area contributed by atoms with Gasteiger partial charge in [0.25, 0.3) is 5.91 Å². The maximum atomic E-state index is 11.9. The molecule has 0 spiro atoms. The summed E-state index contributed by atoms with van der Waals surface area (Å²) < 4.78 is 0.838. The van der Waals surface area contributed by atoms with Gasteiger partial charge in [0.15, 0.2) is 0 Å². The van der Waals surface area contributed by atoms with Crippen LogP contribution in [0.5, 0.6) is 0 Å². The predicted octanol–water partition coefficient (Wildman–Crippen LogP) is 4.33. The van der Waals surface area contributed by atoms with Crippen molar-refractivity contribution in [1.29, 1.82) is 0 Å². The zero-order chi connectivity index (χ0) is 12.3. The third-order valence-corrected chi connectivity index (χ3v) is 4.28. The first kappa shape index (κ1) is 12.3. The number of benzene rings is 1. The number of thiophene rings is 1. The van der Waals surface area contributed by atoms with E-state index in [1.54, 1.807) is 0 Å². The molecule has 1 N–H and O–H groups in total. The third kappa shape index (κ3) is 2.96. The number of hydrogen-bond acceptors (Lipinski definition) is 2. The molecule has 1 aromatic carbocycles. The summed E-state index contributed by atoms with van der Waals surface area (Å²) in [6.45, 7) is 2.11. The molecule has 17 heavy (non-hydrogen) atoms. The van der Waals surface area contributed by atoms with Gasteiger partial charge >= 0.3 is 0 Å². The Labute approximate surface area is 113 Å². The van der Waals surface area contributed by atoms with Gasteiger partial charge < -0.3 is 5.32 Å². The van der Waals surface area contributed by atoms with Gasteiger partial charge in [-0.1, -0.05) is 19.1 Å². The van der Waals surface area contributed by atoms with E-state index in [-0.39, 0.29) is 5.91 Å². The van der Waals surface area contributed by atoms with Crippen molar-refractivity contribution in [3.8, 4) is 0 Å². The predicted molar refractivity (Wildman–Crippen MR) is 75.8 cm³/mol. The Hall–Kier alpha value is -1.13. The maximum Gasteiger partial charge on any atom is 0.266 e. The van der Waals surface area contributed by atoms with Gasteiger partial charge in [0.1, 0.15) is 4.88 Å². The minimum absolute atomic E-state index is 0.0730. The smallest absolute Gasteiger partial charge is 0.266 e. The number of anilines is 1. The van der Waals surface area contributed by atoms with E-state index >= 15 is 0 Å². The molecule has 1 heterocycles. The Balaban J connectivity index is 2.10. The molecule has 0 bridgehead atoms. The Morgan fingerprint density at radius 3 is 2.53 bits per heavy atom. The quantitative estimate of drug-likeness (QED) is 0.898. The first-order chi connectivity index (χ1) is 8.20. The fourth-order valence-electron chi connectivity index (χ4n) is 1.47. The highest BCUT2D eigenvalue weighted by atomic mass is 79.9. The number of hydrogen-bond donors (Lipinski definition) is 1. The van der Waals surface area contributed by atoms with Crippen molar-refractivity contribution < 1.29 is 4.79 Å². The molecule has 0 saturated heterocycles. The largest absolute Gasteiger partial charge is 0.321 e. The Morgan fingerprint density at radius 1 is 1.29 bits per heavy atom. The summed E-state index contributed by atoms with van der Waals surface area (Å²) in [6.07, 6.45) is 1.00. The van der Waals surface area contributed by atoms with Gasteiger partial charge in [0.05, 0.1) is 0 Å². The summed E-state index contributed by atoms with van der Waals surface area (Å²) >= 11 is 4.78. The lowest BCUT2D eigenvalue weighted by molar-refractivity contribution is 0.103. The van der Waals surface area contributed by atoms with Crippen LogP contribution in [-0.4, -0.2) is 5.91 Å². The average Bonchev–Trinajstić information content (AvgIpc) is 2.76. The van der Waals surface area contributed by atoms with Crippen LogP contribution in [0.3, 0.4) is 0 Å². The van der Waals surface area contributed by atoms with Crippen molar-refractivity contribution in [3.05, 3.63) is 50.6 Å². The van der Waals surface area contributed by atoms with Gasteiger partial charge in [-0.15, -0.1) is 11.3 Å². The van der Waals surface area contributed by atoms with Crippen molar-refractivity contribution in [3.63, 3.8) is 0 Å². The van der Waals surface area contributed by atoms with Crippen LogP contribution in [0.15, 0.2) is 40.2 Å². The lowest BCUT2D eigenvalue weighted by Crippen LogP contribution is -2.10. The van der Waals surface area contributed by atoms with E-state index < -0.39 is 0 Å². The molecule has 0 atom stereocenters. The molecule has 0 radical (unpaired) electrons. The number of carbonyl (C=O) groups excluding carboxylic acids is 1. The molecule has 1 aromatic heterocycles. The third-order valence-electron chi connectivity index (χ3n) is 2.44. The summed E-state index contributed by atoms with van der Waals surface area (Å²) in [5.74, 6) is -0.0730. The molecule has 1 amide bonds. The van der Waals surface area contributed by atoms with Crippen molar-refractivity contribution in [1.82, 2.24) is 0 Å². The number of rotatable bonds is 3. The summed E-state index contributed by atoms with van der Waals surface area (Å²) in [4.78, 5) is 12.6. The van der Waals surface area contributed by atoms with Crippen LogP contribution in [0.2, 0.25) is 0 Å². The molecule has 2 aromatic rings. The lowest BCUT2D eigenvalue weighted by atomic mass is 10.1. The van der Waals surface area contributed by atoms with Crippen LogP contribution >= 0.6 is 27.3 Å². The summed E-state index contributed by atoms with van der Waals surface area (Å²) in [5, 5.41) is 4.77. The van der Waals surface area contributed by atoms with Gasteiger partial charge in [0, 0.05) is 10.2 Å². The highest BCUT2D eigenvalue weighted by Gasteiger charge is 2.11. The zero-order valence-electron chi connectivity index (χ0n) is 9.37. The first-order valence-electron chi connectivity index (χ1n) is 5.34. The van der Waals surface area contributed by atoms with E-state index in [4.69, 9.17) is 0 Å². The average molecular weight is 310 g/mol. The molecule has 4 heteroatoms. The second-order valence-corrected chi connectivity index (χ2v) is 5.37. The van der Waals surface area contributed by atoms with Crippen molar-refractivity contribution in [2.24, 2.45) is 0 Å². The number of amides is 1. The Morgan fingerprint density at radius 2 is 2.00 bits per heavy atom. The monoisotopic (exact) mass is 309 g/mol. The molecular weight excluding hydrogens is 298 g/mol. The molecule has 0 aliphatic heterocycles. The molecule has 0 aliphatic carbocycles. The number of carbonyl (C=O) groups is 1.